The molecule has 0 aliphatic carbocycles. The second kappa shape index (κ2) is 7.47. The molecule has 1 heterocycles. The summed E-state index contributed by atoms with van der Waals surface area (Å²) in [6, 6.07) is -0.460. The quantitative estimate of drug-likeness (QED) is 0.726. The van der Waals surface area contributed by atoms with Gasteiger partial charge >= 0.3 is 18.0 Å². The fourth-order valence-electron chi connectivity index (χ4n) is 2.34. The van der Waals surface area contributed by atoms with E-state index in [1.54, 1.807) is 20.8 Å². The molecule has 1 rings (SSSR count). The molecule has 0 aromatic rings. The molecule has 2 unspecified atom stereocenters. The zero-order valence-electron chi connectivity index (χ0n) is 13.7. The first kappa shape index (κ1) is 18.3. The summed E-state index contributed by atoms with van der Waals surface area (Å²) >= 11 is 0. The normalized spacial score (nSPS) is 22.5. The number of nitrogens with zero attached hydrogens (tertiary/aromatic N) is 1. The average molecular weight is 314 g/mol. The molecule has 0 aromatic heterocycles. The van der Waals surface area contributed by atoms with Crippen molar-refractivity contribution in [2.75, 3.05) is 13.1 Å². The van der Waals surface area contributed by atoms with E-state index in [-0.39, 0.29) is 37.1 Å². The lowest BCUT2D eigenvalue weighted by Gasteiger charge is -2.22. The van der Waals surface area contributed by atoms with Gasteiger partial charge in [0.2, 0.25) is 0 Å². The Morgan fingerprint density at radius 2 is 1.95 bits per heavy atom. The lowest BCUT2D eigenvalue weighted by molar-refractivity contribution is -0.148. The molecule has 2 N–H and O–H groups in total. The van der Waals surface area contributed by atoms with E-state index in [9.17, 15) is 14.4 Å². The van der Waals surface area contributed by atoms with Gasteiger partial charge < -0.3 is 20.1 Å². The number of ether oxygens (including phenoxy) is 1. The molecule has 0 spiro atoms. The van der Waals surface area contributed by atoms with Crippen LogP contribution in [0.2, 0.25) is 0 Å². The van der Waals surface area contributed by atoms with Crippen LogP contribution >= 0.6 is 0 Å². The molecule has 0 saturated carbocycles. The SMILES string of the molecule is CC(CCC(=O)OC(C)C)NC(=O)N1CCC(C)(C(=O)O)C1. The number of carboxylic acid groups (broad SMARTS) is 1. The maximum Gasteiger partial charge on any atom is 0.317 e. The summed E-state index contributed by atoms with van der Waals surface area (Å²) < 4.78 is 5.03. The monoisotopic (exact) mass is 314 g/mol. The molecule has 2 atom stereocenters. The molecule has 1 aliphatic rings. The number of carbonyl (C=O) groups is 3. The number of hydrogen-bond donors (Lipinski definition) is 2. The number of aliphatic carboxylic acids is 1. The highest BCUT2D eigenvalue weighted by atomic mass is 16.5. The Morgan fingerprint density at radius 3 is 2.45 bits per heavy atom. The average Bonchev–Trinajstić information content (AvgIpc) is 2.80. The van der Waals surface area contributed by atoms with Crippen LogP contribution in [-0.4, -0.2) is 53.2 Å². The molecule has 1 saturated heterocycles. The van der Waals surface area contributed by atoms with Crippen LogP contribution in [0, 0.1) is 5.41 Å². The predicted molar refractivity (Wildman–Crippen MR) is 80.4 cm³/mol. The Bertz CT molecular complexity index is 438. The van der Waals surface area contributed by atoms with Crippen molar-refractivity contribution in [3.05, 3.63) is 0 Å². The lowest BCUT2D eigenvalue weighted by Crippen LogP contribution is -2.44. The Morgan fingerprint density at radius 1 is 1.32 bits per heavy atom. The highest BCUT2D eigenvalue weighted by Crippen LogP contribution is 2.30. The summed E-state index contributed by atoms with van der Waals surface area (Å²) in [7, 11) is 0. The maximum atomic E-state index is 12.1. The van der Waals surface area contributed by atoms with E-state index >= 15 is 0 Å². The highest BCUT2D eigenvalue weighted by Gasteiger charge is 2.42. The van der Waals surface area contributed by atoms with Crippen molar-refractivity contribution < 1.29 is 24.2 Å². The zero-order valence-corrected chi connectivity index (χ0v) is 13.7. The van der Waals surface area contributed by atoms with E-state index in [2.05, 4.69) is 5.32 Å². The highest BCUT2D eigenvalue weighted by molar-refractivity contribution is 5.79. The number of likely N-dealkylation sites (tertiary alicyclic amines) is 1. The lowest BCUT2D eigenvalue weighted by atomic mass is 9.90. The van der Waals surface area contributed by atoms with E-state index in [4.69, 9.17) is 9.84 Å². The molecule has 7 heteroatoms. The molecule has 7 nitrogen and oxygen atoms in total. The van der Waals surface area contributed by atoms with Gasteiger partial charge in [-0.15, -0.1) is 0 Å². The minimum absolute atomic E-state index is 0.143. The van der Waals surface area contributed by atoms with Crippen LogP contribution in [0.25, 0.3) is 0 Å². The van der Waals surface area contributed by atoms with E-state index in [1.165, 1.54) is 4.90 Å². The van der Waals surface area contributed by atoms with Crippen molar-refractivity contribution >= 4 is 18.0 Å². The van der Waals surface area contributed by atoms with Gasteiger partial charge in [0.25, 0.3) is 0 Å². The van der Waals surface area contributed by atoms with Gasteiger partial charge in [-0.1, -0.05) is 0 Å². The van der Waals surface area contributed by atoms with Gasteiger partial charge in [0.1, 0.15) is 0 Å². The van der Waals surface area contributed by atoms with Crippen LogP contribution in [-0.2, 0) is 14.3 Å². The number of urea groups is 1. The smallest absolute Gasteiger partial charge is 0.317 e. The van der Waals surface area contributed by atoms with Crippen molar-refractivity contribution in [3.8, 4) is 0 Å². The van der Waals surface area contributed by atoms with Gasteiger partial charge in [-0.25, -0.2) is 4.79 Å². The maximum absolute atomic E-state index is 12.1. The summed E-state index contributed by atoms with van der Waals surface area (Å²) in [6.07, 6.45) is 1.04. The molecule has 1 fully saturated rings. The van der Waals surface area contributed by atoms with Crippen LogP contribution < -0.4 is 5.32 Å². The minimum Gasteiger partial charge on any atom is -0.481 e. The van der Waals surface area contributed by atoms with Crippen molar-refractivity contribution in [3.63, 3.8) is 0 Å². The Balaban J connectivity index is 2.36. The first-order valence-corrected chi connectivity index (χ1v) is 7.62. The summed E-state index contributed by atoms with van der Waals surface area (Å²) in [4.78, 5) is 36.2. The number of amides is 2. The van der Waals surface area contributed by atoms with Crippen LogP contribution in [0.1, 0.15) is 47.0 Å². The minimum atomic E-state index is -0.882. The third-order valence-corrected chi connectivity index (χ3v) is 3.80. The fourth-order valence-corrected chi connectivity index (χ4v) is 2.34. The second-order valence-electron chi connectivity index (χ2n) is 6.47. The second-order valence-corrected chi connectivity index (χ2v) is 6.47. The van der Waals surface area contributed by atoms with Crippen molar-refractivity contribution in [1.29, 1.82) is 0 Å². The largest absolute Gasteiger partial charge is 0.481 e. The molecule has 1 aliphatic heterocycles. The number of rotatable bonds is 6. The number of esters is 1. The fraction of sp³-hybridized carbons (Fsp3) is 0.800. The molecule has 2 amide bonds. The van der Waals surface area contributed by atoms with Crippen molar-refractivity contribution in [2.24, 2.45) is 5.41 Å². The number of carbonyl (C=O) groups excluding carboxylic acids is 2. The van der Waals surface area contributed by atoms with Gasteiger partial charge in [-0.05, 0) is 40.5 Å². The van der Waals surface area contributed by atoms with Gasteiger partial charge in [-0.2, -0.15) is 0 Å². The van der Waals surface area contributed by atoms with Crippen LogP contribution in [0.3, 0.4) is 0 Å². The van der Waals surface area contributed by atoms with E-state index in [0.29, 0.717) is 19.4 Å². The Kier molecular flexibility index (Phi) is 6.20. The summed E-state index contributed by atoms with van der Waals surface area (Å²) in [5.41, 5.74) is -0.873. The van der Waals surface area contributed by atoms with Gasteiger partial charge in [-0.3, -0.25) is 9.59 Å². The van der Waals surface area contributed by atoms with Crippen LogP contribution in [0.4, 0.5) is 4.79 Å². The van der Waals surface area contributed by atoms with E-state index in [0.717, 1.165) is 0 Å². The van der Waals surface area contributed by atoms with Crippen LogP contribution in [0.15, 0.2) is 0 Å². The first-order chi connectivity index (χ1) is 10.1. The van der Waals surface area contributed by atoms with Crippen molar-refractivity contribution in [2.45, 2.75) is 59.1 Å². The zero-order chi connectivity index (χ0) is 16.9. The van der Waals surface area contributed by atoms with Crippen LogP contribution in [0.5, 0.6) is 0 Å². The third-order valence-electron chi connectivity index (χ3n) is 3.80. The molecular formula is C15H26N2O5. The molecule has 0 radical (unpaired) electrons. The Hall–Kier alpha value is -1.79. The standard InChI is InChI=1S/C15H26N2O5/c1-10(2)22-12(18)6-5-11(3)16-14(21)17-8-7-15(4,9-17)13(19)20/h10-11H,5-9H2,1-4H3,(H,16,21)(H,19,20). The third kappa shape index (κ3) is 5.20. The summed E-state index contributed by atoms with van der Waals surface area (Å²) in [5, 5.41) is 12.0. The Labute approximate surface area is 131 Å². The first-order valence-electron chi connectivity index (χ1n) is 7.62. The van der Waals surface area contributed by atoms with Gasteiger partial charge in [0.05, 0.1) is 11.5 Å². The number of nitrogens with one attached hydrogen (secondary N) is 1. The number of hydrogen-bond acceptors (Lipinski definition) is 4. The summed E-state index contributed by atoms with van der Waals surface area (Å²) in [6.45, 7) is 7.67. The topological polar surface area (TPSA) is 95.9 Å². The van der Waals surface area contributed by atoms with Gasteiger partial charge in [0, 0.05) is 25.6 Å². The molecule has 126 valence electrons. The number of carboxylic acids is 1. The molecular weight excluding hydrogens is 288 g/mol. The van der Waals surface area contributed by atoms with E-state index < -0.39 is 11.4 Å². The van der Waals surface area contributed by atoms with Crippen molar-refractivity contribution in [1.82, 2.24) is 10.2 Å². The molecule has 22 heavy (non-hydrogen) atoms. The van der Waals surface area contributed by atoms with Gasteiger partial charge in [0.15, 0.2) is 0 Å². The molecule has 0 aromatic carbocycles. The summed E-state index contributed by atoms with van der Waals surface area (Å²) in [5.74, 6) is -1.16. The predicted octanol–water partition coefficient (Wildman–Crippen LogP) is 1.61. The van der Waals surface area contributed by atoms with E-state index in [1.807, 2.05) is 6.92 Å². The molecule has 0 bridgehead atoms.